The molecule has 24 heavy (non-hydrogen) atoms. The van der Waals surface area contributed by atoms with Crippen molar-refractivity contribution in [2.75, 3.05) is 13.2 Å². The molecule has 3 rings (SSSR count). The third kappa shape index (κ3) is 3.82. The van der Waals surface area contributed by atoms with Gasteiger partial charge in [-0.3, -0.25) is 4.79 Å². The van der Waals surface area contributed by atoms with Gasteiger partial charge in [0.25, 0.3) is 0 Å². The van der Waals surface area contributed by atoms with Crippen molar-refractivity contribution in [3.8, 4) is 11.4 Å². The molecule has 1 saturated heterocycles. The summed E-state index contributed by atoms with van der Waals surface area (Å²) in [7, 11) is 0. The van der Waals surface area contributed by atoms with Crippen molar-refractivity contribution in [1.29, 1.82) is 0 Å². The van der Waals surface area contributed by atoms with Crippen LogP contribution in [0.2, 0.25) is 0 Å². The van der Waals surface area contributed by atoms with Gasteiger partial charge in [0.2, 0.25) is 17.6 Å². The number of hydrogen-bond donors (Lipinski definition) is 0. The van der Waals surface area contributed by atoms with Crippen molar-refractivity contribution in [3.63, 3.8) is 0 Å². The van der Waals surface area contributed by atoms with Gasteiger partial charge in [-0.25, -0.2) is 0 Å². The Hall–Kier alpha value is -2.21. The highest BCUT2D eigenvalue weighted by Crippen LogP contribution is 2.18. The Kier molecular flexibility index (Phi) is 4.94. The molecule has 0 N–H and O–H groups in total. The van der Waals surface area contributed by atoms with Crippen LogP contribution >= 0.6 is 0 Å². The van der Waals surface area contributed by atoms with E-state index in [4.69, 9.17) is 9.26 Å². The average molecular weight is 329 g/mol. The first-order valence-corrected chi connectivity index (χ1v) is 8.33. The van der Waals surface area contributed by atoms with Crippen molar-refractivity contribution in [1.82, 2.24) is 15.0 Å². The molecule has 1 aromatic carbocycles. The van der Waals surface area contributed by atoms with Gasteiger partial charge in [0, 0.05) is 24.9 Å². The first-order chi connectivity index (χ1) is 11.5. The molecule has 1 aromatic heterocycles. The molecular weight excluding hydrogens is 306 g/mol. The van der Waals surface area contributed by atoms with Crippen LogP contribution < -0.4 is 0 Å². The smallest absolute Gasteiger partial charge is 0.227 e. The van der Waals surface area contributed by atoms with Crippen LogP contribution in [0.3, 0.4) is 0 Å². The molecular formula is C18H23N3O3. The van der Waals surface area contributed by atoms with E-state index < -0.39 is 0 Å². The number of carbonyl (C=O) groups excluding carboxylic acids is 1. The van der Waals surface area contributed by atoms with E-state index in [1.165, 1.54) is 5.56 Å². The maximum atomic E-state index is 12.4. The quantitative estimate of drug-likeness (QED) is 0.862. The van der Waals surface area contributed by atoms with Gasteiger partial charge >= 0.3 is 0 Å². The number of aromatic nitrogens is 2. The SMILES string of the molecule is Cc1ccc(-c2noc(CCC(=O)N3C[C@H](C)OC[C@@H]3C)n2)cc1. The number of ether oxygens (including phenoxy) is 1. The summed E-state index contributed by atoms with van der Waals surface area (Å²) in [5.41, 5.74) is 2.10. The maximum Gasteiger partial charge on any atom is 0.227 e. The van der Waals surface area contributed by atoms with Crippen molar-refractivity contribution in [3.05, 3.63) is 35.7 Å². The lowest BCUT2D eigenvalue weighted by molar-refractivity contribution is -0.143. The number of rotatable bonds is 4. The van der Waals surface area contributed by atoms with Crippen LogP contribution in [0.15, 0.2) is 28.8 Å². The van der Waals surface area contributed by atoms with E-state index in [0.29, 0.717) is 37.7 Å². The topological polar surface area (TPSA) is 68.5 Å². The molecule has 2 heterocycles. The van der Waals surface area contributed by atoms with E-state index >= 15 is 0 Å². The van der Waals surface area contributed by atoms with Crippen LogP contribution in [0.1, 0.15) is 31.7 Å². The Bertz CT molecular complexity index is 696. The third-order valence-electron chi connectivity index (χ3n) is 4.26. The number of hydrogen-bond acceptors (Lipinski definition) is 5. The Balaban J connectivity index is 1.59. The predicted octanol–water partition coefficient (Wildman–Crippen LogP) is 2.61. The van der Waals surface area contributed by atoms with E-state index in [0.717, 1.165) is 5.56 Å². The molecule has 2 aromatic rings. The zero-order valence-corrected chi connectivity index (χ0v) is 14.4. The number of carbonyl (C=O) groups is 1. The van der Waals surface area contributed by atoms with Gasteiger partial charge in [-0.1, -0.05) is 35.0 Å². The summed E-state index contributed by atoms with van der Waals surface area (Å²) in [6.45, 7) is 7.25. The zero-order valence-electron chi connectivity index (χ0n) is 14.4. The minimum Gasteiger partial charge on any atom is -0.375 e. The largest absolute Gasteiger partial charge is 0.375 e. The Morgan fingerprint density at radius 1 is 1.29 bits per heavy atom. The minimum atomic E-state index is 0.0849. The molecule has 2 atom stereocenters. The molecule has 0 bridgehead atoms. The minimum absolute atomic E-state index is 0.0849. The highest BCUT2D eigenvalue weighted by molar-refractivity contribution is 5.76. The fourth-order valence-corrected chi connectivity index (χ4v) is 2.78. The van der Waals surface area contributed by atoms with Crippen LogP contribution in [0.4, 0.5) is 0 Å². The molecule has 1 amide bonds. The van der Waals surface area contributed by atoms with E-state index in [1.807, 2.05) is 49.9 Å². The monoisotopic (exact) mass is 329 g/mol. The highest BCUT2D eigenvalue weighted by Gasteiger charge is 2.27. The predicted molar refractivity (Wildman–Crippen MR) is 89.4 cm³/mol. The number of nitrogens with zero attached hydrogens (tertiary/aromatic N) is 3. The summed E-state index contributed by atoms with van der Waals surface area (Å²) in [6, 6.07) is 8.06. The van der Waals surface area contributed by atoms with E-state index in [2.05, 4.69) is 10.1 Å². The summed E-state index contributed by atoms with van der Waals surface area (Å²) < 4.78 is 10.8. The zero-order chi connectivity index (χ0) is 17.1. The van der Waals surface area contributed by atoms with Crippen molar-refractivity contribution in [2.45, 2.75) is 45.8 Å². The number of amides is 1. The number of aryl methyl sites for hydroxylation is 2. The van der Waals surface area contributed by atoms with E-state index in [-0.39, 0.29) is 18.1 Å². The molecule has 0 spiro atoms. The number of morpholine rings is 1. The molecule has 6 heteroatoms. The standard InChI is InChI=1S/C18H23N3O3/c1-12-4-6-15(7-5-12)18-19-16(24-20-18)8-9-17(22)21-10-14(3)23-11-13(21)2/h4-7,13-14H,8-11H2,1-3H3/t13-,14-/m0/s1. The Morgan fingerprint density at radius 2 is 2.04 bits per heavy atom. The van der Waals surface area contributed by atoms with Gasteiger partial charge in [-0.05, 0) is 20.8 Å². The molecule has 1 aliphatic heterocycles. The average Bonchev–Trinajstić information content (AvgIpc) is 3.04. The molecule has 0 aliphatic carbocycles. The van der Waals surface area contributed by atoms with Gasteiger partial charge in [0.1, 0.15) is 0 Å². The van der Waals surface area contributed by atoms with Gasteiger partial charge < -0.3 is 14.2 Å². The second kappa shape index (κ2) is 7.13. The van der Waals surface area contributed by atoms with Crippen molar-refractivity contribution >= 4 is 5.91 Å². The molecule has 0 unspecified atom stereocenters. The normalized spacial score (nSPS) is 21.0. The van der Waals surface area contributed by atoms with Gasteiger partial charge in [-0.2, -0.15) is 4.98 Å². The highest BCUT2D eigenvalue weighted by atomic mass is 16.5. The molecule has 0 radical (unpaired) electrons. The van der Waals surface area contributed by atoms with Crippen molar-refractivity contribution < 1.29 is 14.1 Å². The molecule has 1 aliphatic rings. The van der Waals surface area contributed by atoms with Crippen LogP contribution in [0.5, 0.6) is 0 Å². The maximum absolute atomic E-state index is 12.4. The first-order valence-electron chi connectivity index (χ1n) is 8.33. The van der Waals surface area contributed by atoms with Crippen molar-refractivity contribution in [2.24, 2.45) is 0 Å². The third-order valence-corrected chi connectivity index (χ3v) is 4.26. The second-order valence-electron chi connectivity index (χ2n) is 6.42. The van der Waals surface area contributed by atoms with Crippen LogP contribution in [0.25, 0.3) is 11.4 Å². The lowest BCUT2D eigenvalue weighted by Gasteiger charge is -2.36. The Labute approximate surface area is 141 Å². The lowest BCUT2D eigenvalue weighted by Crippen LogP contribution is -2.50. The van der Waals surface area contributed by atoms with Gasteiger partial charge in [0.05, 0.1) is 18.8 Å². The first kappa shape index (κ1) is 16.6. The second-order valence-corrected chi connectivity index (χ2v) is 6.42. The summed E-state index contributed by atoms with van der Waals surface area (Å²) in [4.78, 5) is 18.7. The van der Waals surface area contributed by atoms with E-state index in [1.54, 1.807) is 0 Å². The summed E-state index contributed by atoms with van der Waals surface area (Å²) in [5.74, 6) is 1.16. The summed E-state index contributed by atoms with van der Waals surface area (Å²) >= 11 is 0. The van der Waals surface area contributed by atoms with E-state index in [9.17, 15) is 4.79 Å². The molecule has 1 fully saturated rings. The number of benzene rings is 1. The lowest BCUT2D eigenvalue weighted by atomic mass is 10.1. The molecule has 0 saturated carbocycles. The van der Waals surface area contributed by atoms with Crippen LogP contribution in [-0.2, 0) is 16.0 Å². The fourth-order valence-electron chi connectivity index (χ4n) is 2.78. The Morgan fingerprint density at radius 3 is 2.79 bits per heavy atom. The van der Waals surface area contributed by atoms with Crippen LogP contribution in [0, 0.1) is 6.92 Å². The fraction of sp³-hybridized carbons (Fsp3) is 0.500. The van der Waals surface area contributed by atoms with Gasteiger partial charge in [-0.15, -0.1) is 0 Å². The molecule has 128 valence electrons. The van der Waals surface area contributed by atoms with Gasteiger partial charge in [0.15, 0.2) is 0 Å². The summed E-state index contributed by atoms with van der Waals surface area (Å²) in [5, 5.41) is 4.00. The summed E-state index contributed by atoms with van der Waals surface area (Å²) in [6.07, 6.45) is 0.907. The molecule has 6 nitrogen and oxygen atoms in total. The van der Waals surface area contributed by atoms with Crippen LogP contribution in [-0.4, -0.2) is 46.2 Å².